The van der Waals surface area contributed by atoms with E-state index in [1.165, 1.54) is 5.56 Å². The van der Waals surface area contributed by atoms with Crippen molar-refractivity contribution >= 4 is 6.09 Å². The Morgan fingerprint density at radius 3 is 2.60 bits per heavy atom. The Balaban J connectivity index is 2.37. The number of aryl methyl sites for hydroxylation is 1. The van der Waals surface area contributed by atoms with Crippen molar-refractivity contribution in [1.82, 2.24) is 5.32 Å². The Hall–Kier alpha value is -1.51. The maximum atomic E-state index is 10.5. The third-order valence-electron chi connectivity index (χ3n) is 2.44. The molecule has 3 nitrogen and oxygen atoms in total. The lowest BCUT2D eigenvalue weighted by molar-refractivity contribution is 0.188. The van der Waals surface area contributed by atoms with Crippen LogP contribution in [0, 0.1) is 0 Å². The molecule has 0 saturated heterocycles. The van der Waals surface area contributed by atoms with E-state index in [2.05, 4.69) is 17.4 Å². The number of hydrogen-bond donors (Lipinski definition) is 2. The van der Waals surface area contributed by atoms with E-state index in [4.69, 9.17) is 5.11 Å². The highest BCUT2D eigenvalue weighted by molar-refractivity contribution is 5.64. The molecule has 0 radical (unpaired) electrons. The standard InChI is InChI=1S/C12H17NO2/c1-2-11(13-12(14)15)9-8-10-6-4-3-5-7-10/h3-7,11,13H,2,8-9H2,1H3,(H,14,15). The van der Waals surface area contributed by atoms with Crippen LogP contribution in [-0.4, -0.2) is 17.2 Å². The molecule has 0 heterocycles. The molecule has 0 aliphatic carbocycles. The summed E-state index contributed by atoms with van der Waals surface area (Å²) >= 11 is 0. The molecule has 2 N–H and O–H groups in total. The van der Waals surface area contributed by atoms with E-state index in [9.17, 15) is 4.79 Å². The first-order valence-electron chi connectivity index (χ1n) is 5.25. The minimum absolute atomic E-state index is 0.0581. The van der Waals surface area contributed by atoms with Gasteiger partial charge in [0.1, 0.15) is 0 Å². The maximum absolute atomic E-state index is 10.5. The van der Waals surface area contributed by atoms with Crippen LogP contribution in [0.2, 0.25) is 0 Å². The number of nitrogens with one attached hydrogen (secondary N) is 1. The number of hydrogen-bond acceptors (Lipinski definition) is 1. The van der Waals surface area contributed by atoms with E-state index in [-0.39, 0.29) is 6.04 Å². The minimum Gasteiger partial charge on any atom is -0.465 e. The first-order valence-corrected chi connectivity index (χ1v) is 5.25. The van der Waals surface area contributed by atoms with Crippen LogP contribution in [0.1, 0.15) is 25.3 Å². The van der Waals surface area contributed by atoms with Gasteiger partial charge in [-0.05, 0) is 24.8 Å². The molecule has 0 bridgehead atoms. The smallest absolute Gasteiger partial charge is 0.404 e. The highest BCUT2D eigenvalue weighted by Gasteiger charge is 2.08. The number of carbonyl (C=O) groups is 1. The van der Waals surface area contributed by atoms with Gasteiger partial charge in [0.05, 0.1) is 0 Å². The second-order valence-corrected chi connectivity index (χ2v) is 3.58. The van der Waals surface area contributed by atoms with Crippen LogP contribution in [-0.2, 0) is 6.42 Å². The topological polar surface area (TPSA) is 49.3 Å². The SMILES string of the molecule is CCC(CCc1ccccc1)NC(=O)O. The quantitative estimate of drug-likeness (QED) is 0.779. The predicted octanol–water partition coefficient (Wildman–Crippen LogP) is 2.67. The predicted molar refractivity (Wildman–Crippen MR) is 60.0 cm³/mol. The van der Waals surface area contributed by atoms with Crippen molar-refractivity contribution in [3.8, 4) is 0 Å². The minimum atomic E-state index is -0.935. The van der Waals surface area contributed by atoms with Crippen LogP contribution in [0.5, 0.6) is 0 Å². The molecule has 1 rings (SSSR count). The Morgan fingerprint density at radius 1 is 1.40 bits per heavy atom. The first-order chi connectivity index (χ1) is 7.22. The van der Waals surface area contributed by atoms with Crippen molar-refractivity contribution in [3.63, 3.8) is 0 Å². The van der Waals surface area contributed by atoms with Crippen molar-refractivity contribution in [2.24, 2.45) is 0 Å². The summed E-state index contributed by atoms with van der Waals surface area (Å²) in [6.45, 7) is 1.99. The first kappa shape index (κ1) is 11.6. The lowest BCUT2D eigenvalue weighted by atomic mass is 10.0. The van der Waals surface area contributed by atoms with Gasteiger partial charge in [-0.15, -0.1) is 0 Å². The van der Waals surface area contributed by atoms with Gasteiger partial charge in [0.25, 0.3) is 0 Å². The molecule has 0 spiro atoms. The summed E-state index contributed by atoms with van der Waals surface area (Å²) in [5, 5.41) is 11.1. The van der Waals surface area contributed by atoms with Gasteiger partial charge < -0.3 is 10.4 Å². The van der Waals surface area contributed by atoms with Crippen molar-refractivity contribution in [3.05, 3.63) is 35.9 Å². The molecular formula is C12H17NO2. The molecule has 1 unspecified atom stereocenters. The average Bonchev–Trinajstić information content (AvgIpc) is 2.25. The van der Waals surface area contributed by atoms with Gasteiger partial charge >= 0.3 is 6.09 Å². The van der Waals surface area contributed by atoms with Gasteiger partial charge in [-0.25, -0.2) is 4.79 Å². The molecule has 0 saturated carbocycles. The van der Waals surface area contributed by atoms with Crippen LogP contribution in [0.25, 0.3) is 0 Å². The van der Waals surface area contributed by atoms with Crippen molar-refractivity contribution in [2.75, 3.05) is 0 Å². The second-order valence-electron chi connectivity index (χ2n) is 3.58. The van der Waals surface area contributed by atoms with Gasteiger partial charge in [0.2, 0.25) is 0 Å². The normalized spacial score (nSPS) is 12.1. The Labute approximate surface area is 90.1 Å². The zero-order valence-electron chi connectivity index (χ0n) is 8.94. The highest BCUT2D eigenvalue weighted by atomic mass is 16.4. The fraction of sp³-hybridized carbons (Fsp3) is 0.417. The maximum Gasteiger partial charge on any atom is 0.404 e. The second kappa shape index (κ2) is 6.06. The Bertz CT molecular complexity index is 298. The van der Waals surface area contributed by atoms with E-state index in [0.717, 1.165) is 19.3 Å². The molecule has 1 aromatic carbocycles. The van der Waals surface area contributed by atoms with Crippen molar-refractivity contribution in [1.29, 1.82) is 0 Å². The largest absolute Gasteiger partial charge is 0.465 e. The average molecular weight is 207 g/mol. The Kier molecular flexibility index (Phi) is 4.68. The monoisotopic (exact) mass is 207 g/mol. The van der Waals surface area contributed by atoms with Crippen LogP contribution in [0.15, 0.2) is 30.3 Å². The summed E-state index contributed by atoms with van der Waals surface area (Å²) < 4.78 is 0. The van der Waals surface area contributed by atoms with E-state index in [1.54, 1.807) is 0 Å². The lowest BCUT2D eigenvalue weighted by Gasteiger charge is -2.14. The van der Waals surface area contributed by atoms with Gasteiger partial charge in [0.15, 0.2) is 0 Å². The number of rotatable bonds is 5. The highest BCUT2D eigenvalue weighted by Crippen LogP contribution is 2.06. The molecule has 0 aliphatic heterocycles. The van der Waals surface area contributed by atoms with Crippen LogP contribution >= 0.6 is 0 Å². The van der Waals surface area contributed by atoms with Crippen LogP contribution < -0.4 is 5.32 Å². The summed E-state index contributed by atoms with van der Waals surface area (Å²) in [5.74, 6) is 0. The van der Waals surface area contributed by atoms with Gasteiger partial charge in [-0.2, -0.15) is 0 Å². The van der Waals surface area contributed by atoms with Gasteiger partial charge in [0, 0.05) is 6.04 Å². The molecule has 82 valence electrons. The summed E-state index contributed by atoms with van der Waals surface area (Å²) in [6, 6.07) is 10.2. The summed E-state index contributed by atoms with van der Waals surface area (Å²) in [4.78, 5) is 10.5. The molecule has 0 aromatic heterocycles. The van der Waals surface area contributed by atoms with Crippen LogP contribution in [0.4, 0.5) is 4.79 Å². The van der Waals surface area contributed by atoms with Gasteiger partial charge in [-0.3, -0.25) is 0 Å². The van der Waals surface area contributed by atoms with Crippen molar-refractivity contribution in [2.45, 2.75) is 32.2 Å². The molecule has 0 aliphatic rings. The molecular weight excluding hydrogens is 190 g/mol. The van der Waals surface area contributed by atoms with Crippen LogP contribution in [0.3, 0.4) is 0 Å². The molecule has 1 aromatic rings. The van der Waals surface area contributed by atoms with E-state index >= 15 is 0 Å². The summed E-state index contributed by atoms with van der Waals surface area (Å²) in [5.41, 5.74) is 1.25. The van der Waals surface area contributed by atoms with Gasteiger partial charge in [-0.1, -0.05) is 37.3 Å². The molecule has 15 heavy (non-hydrogen) atoms. The zero-order valence-corrected chi connectivity index (χ0v) is 8.94. The lowest BCUT2D eigenvalue weighted by Crippen LogP contribution is -2.33. The molecule has 3 heteroatoms. The summed E-state index contributed by atoms with van der Waals surface area (Å²) in [7, 11) is 0. The Morgan fingerprint density at radius 2 is 2.07 bits per heavy atom. The number of amides is 1. The van der Waals surface area contributed by atoms with E-state index in [1.807, 2.05) is 25.1 Å². The summed E-state index contributed by atoms with van der Waals surface area (Å²) in [6.07, 6.45) is 1.67. The number of benzene rings is 1. The van der Waals surface area contributed by atoms with E-state index < -0.39 is 6.09 Å². The molecule has 1 amide bonds. The fourth-order valence-electron chi connectivity index (χ4n) is 1.54. The number of carboxylic acid groups (broad SMARTS) is 1. The zero-order chi connectivity index (χ0) is 11.1. The third-order valence-corrected chi connectivity index (χ3v) is 2.44. The third kappa shape index (κ3) is 4.49. The fourth-order valence-corrected chi connectivity index (χ4v) is 1.54. The molecule has 0 fully saturated rings. The van der Waals surface area contributed by atoms with Crippen molar-refractivity contribution < 1.29 is 9.90 Å². The molecule has 1 atom stereocenters. The van der Waals surface area contributed by atoms with E-state index in [0.29, 0.717) is 0 Å².